The predicted molar refractivity (Wildman–Crippen MR) is 71.7 cm³/mol. The van der Waals surface area contributed by atoms with Gasteiger partial charge in [0.05, 0.1) is 11.1 Å². The van der Waals surface area contributed by atoms with E-state index in [9.17, 15) is 14.9 Å². The molecule has 0 bridgehead atoms. The van der Waals surface area contributed by atoms with E-state index in [4.69, 9.17) is 0 Å². The van der Waals surface area contributed by atoms with E-state index in [1.165, 1.54) is 18.3 Å². The van der Waals surface area contributed by atoms with Crippen LogP contribution in [0.4, 0.5) is 11.5 Å². The van der Waals surface area contributed by atoms with Gasteiger partial charge in [-0.05, 0) is 6.92 Å². The number of hydrogen-bond acceptors (Lipinski definition) is 7. The zero-order valence-corrected chi connectivity index (χ0v) is 10.4. The van der Waals surface area contributed by atoms with Gasteiger partial charge >= 0.3 is 5.69 Å². The molecular weight excluding hydrogens is 264 g/mol. The number of H-pyrrole nitrogens is 1. The second-order valence-electron chi connectivity index (χ2n) is 3.80. The molecule has 0 aliphatic rings. The van der Waals surface area contributed by atoms with Crippen molar-refractivity contribution in [1.82, 2.24) is 15.2 Å². The molecule has 0 saturated carbocycles. The van der Waals surface area contributed by atoms with Crippen molar-refractivity contribution in [2.24, 2.45) is 5.10 Å². The second kappa shape index (κ2) is 5.69. The molecule has 0 amide bonds. The Kier molecular flexibility index (Phi) is 3.80. The third-order valence-corrected chi connectivity index (χ3v) is 2.34. The topological polar surface area (TPSA) is 126 Å². The molecule has 2 rings (SSSR count). The summed E-state index contributed by atoms with van der Waals surface area (Å²) in [6.45, 7) is 1.65. The first-order chi connectivity index (χ1) is 9.56. The van der Waals surface area contributed by atoms with Crippen LogP contribution in [0.1, 0.15) is 11.3 Å². The quantitative estimate of drug-likeness (QED) is 0.483. The molecule has 9 nitrogen and oxygen atoms in total. The molecule has 2 N–H and O–H groups in total. The van der Waals surface area contributed by atoms with Gasteiger partial charge in [0.15, 0.2) is 5.82 Å². The van der Waals surface area contributed by atoms with E-state index in [-0.39, 0.29) is 11.5 Å². The molecule has 20 heavy (non-hydrogen) atoms. The lowest BCUT2D eigenvalue weighted by Gasteiger charge is -2.00. The summed E-state index contributed by atoms with van der Waals surface area (Å²) >= 11 is 0. The molecule has 102 valence electrons. The summed E-state index contributed by atoms with van der Waals surface area (Å²) in [6.07, 6.45) is 1.38. The van der Waals surface area contributed by atoms with Gasteiger partial charge in [0.2, 0.25) is 0 Å². The lowest BCUT2D eigenvalue weighted by molar-refractivity contribution is -0.384. The third kappa shape index (κ3) is 3.22. The van der Waals surface area contributed by atoms with Crippen LogP contribution >= 0.6 is 0 Å². The number of nitrogens with one attached hydrogen (secondary N) is 2. The Morgan fingerprint density at radius 3 is 3.05 bits per heavy atom. The normalized spacial score (nSPS) is 10.7. The van der Waals surface area contributed by atoms with Crippen LogP contribution < -0.4 is 11.1 Å². The Balaban J connectivity index is 2.14. The fourth-order valence-corrected chi connectivity index (χ4v) is 1.38. The Hall–Kier alpha value is -3.10. The zero-order valence-electron chi connectivity index (χ0n) is 10.4. The van der Waals surface area contributed by atoms with E-state index in [2.05, 4.69) is 25.7 Å². The van der Waals surface area contributed by atoms with E-state index < -0.39 is 10.6 Å². The Bertz CT molecular complexity index is 724. The van der Waals surface area contributed by atoms with Crippen molar-refractivity contribution >= 4 is 17.7 Å². The van der Waals surface area contributed by atoms with Gasteiger partial charge in [0.25, 0.3) is 5.69 Å². The highest BCUT2D eigenvalue weighted by molar-refractivity contribution is 5.81. The van der Waals surface area contributed by atoms with E-state index in [0.29, 0.717) is 11.3 Å². The number of aromatic amines is 1. The summed E-state index contributed by atoms with van der Waals surface area (Å²) in [7, 11) is 0. The number of nitro groups is 1. The van der Waals surface area contributed by atoms with Crippen LogP contribution in [-0.2, 0) is 0 Å². The monoisotopic (exact) mass is 274 g/mol. The van der Waals surface area contributed by atoms with Crippen molar-refractivity contribution in [3.63, 3.8) is 0 Å². The highest BCUT2D eigenvalue weighted by atomic mass is 16.6. The van der Waals surface area contributed by atoms with Crippen LogP contribution in [0, 0.1) is 17.0 Å². The summed E-state index contributed by atoms with van der Waals surface area (Å²) in [5, 5.41) is 20.4. The third-order valence-electron chi connectivity index (χ3n) is 2.34. The van der Waals surface area contributed by atoms with E-state index in [0.717, 1.165) is 0 Å². The molecule has 0 aliphatic heterocycles. The molecule has 1 aromatic carbocycles. The van der Waals surface area contributed by atoms with Gasteiger partial charge in [-0.15, -0.1) is 0 Å². The van der Waals surface area contributed by atoms with Crippen molar-refractivity contribution < 1.29 is 4.92 Å². The number of anilines is 1. The predicted octanol–water partition coefficient (Wildman–Crippen LogP) is 0.828. The summed E-state index contributed by atoms with van der Waals surface area (Å²) in [5.41, 5.74) is 2.95. The number of hydrogen-bond donors (Lipinski definition) is 2. The number of aryl methyl sites for hydroxylation is 1. The van der Waals surface area contributed by atoms with E-state index in [1.807, 2.05) is 0 Å². The minimum Gasteiger partial charge on any atom is -0.260 e. The lowest BCUT2D eigenvalue weighted by atomic mass is 10.2. The number of hydrazone groups is 1. The van der Waals surface area contributed by atoms with Crippen molar-refractivity contribution in [1.29, 1.82) is 0 Å². The summed E-state index contributed by atoms with van der Waals surface area (Å²) in [5.74, 6) is 0.218. The van der Waals surface area contributed by atoms with Gasteiger partial charge < -0.3 is 0 Å². The van der Waals surface area contributed by atoms with Crippen LogP contribution in [0.2, 0.25) is 0 Å². The van der Waals surface area contributed by atoms with Crippen molar-refractivity contribution in [3.8, 4) is 0 Å². The first-order valence-corrected chi connectivity index (χ1v) is 5.53. The molecule has 0 radical (unpaired) electrons. The minimum absolute atomic E-state index is 0.0268. The SMILES string of the molecule is Cc1n[nH]c(=O)nc1N/N=C\c1cccc([N+](=O)[O-])c1. The molecular formula is C11H10N6O3. The van der Waals surface area contributed by atoms with Crippen LogP contribution in [-0.4, -0.2) is 26.3 Å². The number of rotatable bonds is 4. The first kappa shape index (κ1) is 13.3. The van der Waals surface area contributed by atoms with Crippen LogP contribution in [0.15, 0.2) is 34.2 Å². The summed E-state index contributed by atoms with van der Waals surface area (Å²) < 4.78 is 0. The Morgan fingerprint density at radius 1 is 1.50 bits per heavy atom. The largest absolute Gasteiger partial charge is 0.363 e. The van der Waals surface area contributed by atoms with E-state index >= 15 is 0 Å². The van der Waals surface area contributed by atoms with Crippen molar-refractivity contribution in [3.05, 3.63) is 56.1 Å². The van der Waals surface area contributed by atoms with Crippen LogP contribution in [0.3, 0.4) is 0 Å². The Morgan fingerprint density at radius 2 is 2.30 bits per heavy atom. The maximum Gasteiger partial charge on any atom is 0.363 e. The maximum atomic E-state index is 11.0. The lowest BCUT2D eigenvalue weighted by Crippen LogP contribution is -2.15. The van der Waals surface area contributed by atoms with E-state index in [1.54, 1.807) is 19.1 Å². The van der Waals surface area contributed by atoms with Gasteiger partial charge in [-0.3, -0.25) is 15.5 Å². The molecule has 0 saturated heterocycles. The molecule has 1 aromatic heterocycles. The van der Waals surface area contributed by atoms with Gasteiger partial charge in [-0.2, -0.15) is 15.2 Å². The Labute approximate surface area is 112 Å². The maximum absolute atomic E-state index is 11.0. The van der Waals surface area contributed by atoms with Crippen molar-refractivity contribution in [2.45, 2.75) is 6.92 Å². The fourth-order valence-electron chi connectivity index (χ4n) is 1.38. The van der Waals surface area contributed by atoms with Gasteiger partial charge in [-0.25, -0.2) is 9.89 Å². The molecule has 0 fully saturated rings. The highest BCUT2D eigenvalue weighted by Crippen LogP contribution is 2.11. The van der Waals surface area contributed by atoms with Gasteiger partial charge in [-0.1, -0.05) is 12.1 Å². The fraction of sp³-hybridized carbons (Fsp3) is 0.0909. The number of non-ortho nitro benzene ring substituents is 1. The molecule has 9 heteroatoms. The highest BCUT2D eigenvalue weighted by Gasteiger charge is 2.04. The molecule has 1 heterocycles. The van der Waals surface area contributed by atoms with Crippen LogP contribution in [0.25, 0.3) is 0 Å². The summed E-state index contributed by atoms with van der Waals surface area (Å²) in [6, 6.07) is 5.98. The summed E-state index contributed by atoms with van der Waals surface area (Å²) in [4.78, 5) is 24.8. The minimum atomic E-state index is -0.594. The average Bonchev–Trinajstić information content (AvgIpc) is 2.43. The number of benzene rings is 1. The number of nitrogens with zero attached hydrogens (tertiary/aromatic N) is 4. The second-order valence-corrected chi connectivity index (χ2v) is 3.80. The average molecular weight is 274 g/mol. The van der Waals surface area contributed by atoms with Crippen LogP contribution in [0.5, 0.6) is 0 Å². The number of aromatic nitrogens is 3. The van der Waals surface area contributed by atoms with Gasteiger partial charge in [0.1, 0.15) is 5.69 Å². The zero-order chi connectivity index (χ0) is 14.5. The van der Waals surface area contributed by atoms with Crippen molar-refractivity contribution in [2.75, 3.05) is 5.43 Å². The molecule has 0 atom stereocenters. The molecule has 0 unspecified atom stereocenters. The molecule has 2 aromatic rings. The molecule has 0 aliphatic carbocycles. The smallest absolute Gasteiger partial charge is 0.260 e. The van der Waals surface area contributed by atoms with Gasteiger partial charge in [0, 0.05) is 17.7 Å². The standard InChI is InChI=1S/C11H10N6O3/c1-7-10(13-11(18)16-14-7)15-12-6-8-3-2-4-9(5-8)17(19)20/h2-6H,1H3,(H2,13,15,16,18)/b12-6-. The molecule has 0 spiro atoms. The number of nitro benzene ring substituents is 1. The first-order valence-electron chi connectivity index (χ1n) is 5.53.